The molecular formula is C38H50Cl2Zr. The van der Waals surface area contributed by atoms with Gasteiger partial charge in [-0.05, 0) is 111 Å². The van der Waals surface area contributed by atoms with Gasteiger partial charge < -0.3 is 0 Å². The van der Waals surface area contributed by atoms with Gasteiger partial charge in [0.2, 0.25) is 0 Å². The quantitative estimate of drug-likeness (QED) is 0.280. The monoisotopic (exact) mass is 666 g/mol. The van der Waals surface area contributed by atoms with E-state index in [1.807, 2.05) is 0 Å². The van der Waals surface area contributed by atoms with Crippen molar-refractivity contribution in [3.63, 3.8) is 0 Å². The summed E-state index contributed by atoms with van der Waals surface area (Å²) in [5.74, 6) is 15.7. The summed E-state index contributed by atoms with van der Waals surface area (Å²) < 4.78 is 0. The molecule has 0 aliphatic heterocycles. The third-order valence-electron chi connectivity index (χ3n) is 10.3. The Morgan fingerprint density at radius 3 is 1.32 bits per heavy atom. The van der Waals surface area contributed by atoms with Crippen molar-refractivity contribution in [2.24, 2.45) is 47.3 Å². The molecule has 0 nitrogen and oxygen atoms in total. The Bertz CT molecular complexity index is 830. The van der Waals surface area contributed by atoms with Crippen molar-refractivity contribution in [1.29, 1.82) is 0 Å². The second kappa shape index (κ2) is 16.7. The van der Waals surface area contributed by atoms with Gasteiger partial charge in [0, 0.05) is 23.7 Å². The number of hydrogen-bond donors (Lipinski definition) is 0. The molecule has 0 aromatic heterocycles. The maximum absolute atomic E-state index is 4.93. The first-order chi connectivity index (χ1) is 19.7. The van der Waals surface area contributed by atoms with Crippen LogP contribution in [0.15, 0.2) is 48.6 Å². The number of fused-ring (bicyclic) bond motifs is 2. The summed E-state index contributed by atoms with van der Waals surface area (Å²) in [5, 5.41) is 0. The van der Waals surface area contributed by atoms with Crippen LogP contribution in [0.5, 0.6) is 0 Å². The Balaban J connectivity index is 0.000000173. The summed E-state index contributed by atoms with van der Waals surface area (Å²) in [5.41, 5.74) is 0. The van der Waals surface area contributed by atoms with Crippen molar-refractivity contribution in [2.75, 3.05) is 0 Å². The zero-order valence-corrected chi connectivity index (χ0v) is 30.0. The second-order valence-corrected chi connectivity index (χ2v) is 17.4. The van der Waals surface area contributed by atoms with Crippen molar-refractivity contribution in [2.45, 2.75) is 80.1 Å². The standard InChI is InChI=1S/2C19H25.2ClH.Zr/c2*1-13(2)16-10-8-14(3)12-19(16)18-11-9-15-6-4-5-7-17(15)18;;;/h2*4-7,9,11,13-14,16,19H,8,10,12H2,1-3H3;2*1H;/q;;;;+2/p-2/t2*14-,16-,19+;;;/m11.../s1. The van der Waals surface area contributed by atoms with Gasteiger partial charge in [-0.25, -0.2) is 0 Å². The van der Waals surface area contributed by atoms with E-state index in [0.29, 0.717) is 0 Å². The fraction of sp³-hybridized carbons (Fsp3) is 0.526. The summed E-state index contributed by atoms with van der Waals surface area (Å²) in [6, 6.07) is 0. The fourth-order valence-corrected chi connectivity index (χ4v) is 8.12. The molecule has 6 aliphatic rings. The van der Waals surface area contributed by atoms with E-state index in [4.69, 9.17) is 17.0 Å². The van der Waals surface area contributed by atoms with Gasteiger partial charge in [-0.3, -0.25) is 0 Å². The van der Waals surface area contributed by atoms with E-state index in [0.717, 1.165) is 47.3 Å². The average molecular weight is 669 g/mol. The van der Waals surface area contributed by atoms with Gasteiger partial charge in [0.15, 0.2) is 0 Å². The van der Waals surface area contributed by atoms with Crippen LogP contribution >= 0.6 is 17.0 Å². The maximum atomic E-state index is 4.93. The van der Waals surface area contributed by atoms with Crippen molar-refractivity contribution in [3.05, 3.63) is 110 Å². The van der Waals surface area contributed by atoms with E-state index in [-0.39, 0.29) is 0 Å². The number of halogens is 2. The Hall–Kier alpha value is 0.423. The summed E-state index contributed by atoms with van der Waals surface area (Å²) in [6.45, 7) is 14.5. The fourth-order valence-electron chi connectivity index (χ4n) is 8.12. The van der Waals surface area contributed by atoms with Gasteiger partial charge in [-0.2, -0.15) is 0 Å². The van der Waals surface area contributed by atoms with E-state index in [9.17, 15) is 0 Å². The molecule has 4 saturated carbocycles. The third kappa shape index (κ3) is 8.78. The van der Waals surface area contributed by atoms with Crippen molar-refractivity contribution < 1.29 is 20.8 Å². The first kappa shape index (κ1) is 34.3. The summed E-state index contributed by atoms with van der Waals surface area (Å²) in [4.78, 5) is 0. The molecule has 0 amide bonds. The van der Waals surface area contributed by atoms with E-state index >= 15 is 0 Å². The van der Waals surface area contributed by atoms with Gasteiger partial charge >= 0.3 is 37.9 Å². The number of hydrogen-bond acceptors (Lipinski definition) is 0. The van der Waals surface area contributed by atoms with Crippen molar-refractivity contribution >= 4 is 17.0 Å². The number of allylic oxidation sites excluding steroid dienone is 8. The van der Waals surface area contributed by atoms with E-state index in [1.54, 1.807) is 11.8 Å². The molecular weight excluding hydrogens is 619 g/mol. The SMILES string of the molecule is CC(C)[C@H]1CC[C@@H](C)C[C@@H]1[C]1[CH][CH][C]2C=CC=C[C]21.CC(C)[C@H]1CC[C@@H](C)C[C@@H]1[C]1[CH][CH][C]2C=CC=C[C]21.[Cl][Zr][Cl]. The molecule has 0 aromatic carbocycles. The van der Waals surface area contributed by atoms with Gasteiger partial charge in [0.05, 0.1) is 0 Å². The Morgan fingerprint density at radius 2 is 0.951 bits per heavy atom. The van der Waals surface area contributed by atoms with Crippen LogP contribution in [0.25, 0.3) is 0 Å². The first-order valence-corrected chi connectivity index (χ1v) is 22.3. The molecule has 6 rings (SSSR count). The molecule has 0 bridgehead atoms. The molecule has 0 unspecified atom stereocenters. The van der Waals surface area contributed by atoms with Crippen LogP contribution < -0.4 is 0 Å². The molecule has 220 valence electrons. The molecule has 4 fully saturated rings. The third-order valence-corrected chi connectivity index (χ3v) is 10.3. The Labute approximate surface area is 273 Å². The number of rotatable bonds is 4. The molecule has 6 aliphatic carbocycles. The minimum atomic E-state index is -0.826. The van der Waals surface area contributed by atoms with E-state index in [1.165, 1.54) is 62.2 Å². The van der Waals surface area contributed by atoms with Crippen LogP contribution in [-0.2, 0) is 20.8 Å². The molecule has 0 aromatic rings. The van der Waals surface area contributed by atoms with Crippen LogP contribution in [0.1, 0.15) is 80.1 Å². The Morgan fingerprint density at radius 1 is 0.585 bits per heavy atom. The van der Waals surface area contributed by atoms with Gasteiger partial charge in [-0.1, -0.05) is 103 Å². The van der Waals surface area contributed by atoms with Crippen molar-refractivity contribution in [3.8, 4) is 0 Å². The van der Waals surface area contributed by atoms with Crippen LogP contribution in [0, 0.1) is 109 Å². The molecule has 0 heterocycles. The van der Waals surface area contributed by atoms with Crippen molar-refractivity contribution in [1.82, 2.24) is 0 Å². The minimum absolute atomic E-state index is 0.767. The molecule has 3 heteroatoms. The van der Waals surface area contributed by atoms with E-state index in [2.05, 4.69) is 116 Å². The molecule has 0 saturated heterocycles. The normalized spacial score (nSPS) is 34.8. The predicted octanol–water partition coefficient (Wildman–Crippen LogP) is 11.3. The zero-order chi connectivity index (χ0) is 29.5. The molecule has 0 spiro atoms. The van der Waals surface area contributed by atoms with E-state index < -0.39 is 20.8 Å². The van der Waals surface area contributed by atoms with Crippen LogP contribution in [0.3, 0.4) is 0 Å². The van der Waals surface area contributed by atoms with Crippen LogP contribution in [0.4, 0.5) is 0 Å². The molecule has 10 radical (unpaired) electrons. The summed E-state index contributed by atoms with van der Waals surface area (Å²) in [6.07, 6.45) is 35.5. The second-order valence-electron chi connectivity index (χ2n) is 13.7. The summed E-state index contributed by atoms with van der Waals surface area (Å²) in [7, 11) is 9.87. The molecule has 0 N–H and O–H groups in total. The van der Waals surface area contributed by atoms with Gasteiger partial charge in [-0.15, -0.1) is 0 Å². The zero-order valence-electron chi connectivity index (χ0n) is 26.0. The van der Waals surface area contributed by atoms with Crippen LogP contribution in [0.2, 0.25) is 0 Å². The van der Waals surface area contributed by atoms with Gasteiger partial charge in [0.25, 0.3) is 0 Å². The first-order valence-electron chi connectivity index (χ1n) is 16.0. The van der Waals surface area contributed by atoms with Crippen LogP contribution in [-0.4, -0.2) is 0 Å². The summed E-state index contributed by atoms with van der Waals surface area (Å²) >= 11 is -0.826. The Kier molecular flexibility index (Phi) is 13.9. The molecule has 6 atom stereocenters. The average Bonchev–Trinajstić information content (AvgIpc) is 3.58. The van der Waals surface area contributed by atoms with Gasteiger partial charge in [0.1, 0.15) is 0 Å². The topological polar surface area (TPSA) is 0 Å². The predicted molar refractivity (Wildman–Crippen MR) is 175 cm³/mol. The molecule has 41 heavy (non-hydrogen) atoms.